The Balaban J connectivity index is 2.20. The minimum atomic E-state index is 0.506. The maximum absolute atomic E-state index is 5.66. The zero-order chi connectivity index (χ0) is 9.42. The fourth-order valence-corrected chi connectivity index (χ4v) is 2.00. The fourth-order valence-electron chi connectivity index (χ4n) is 2.00. The van der Waals surface area contributed by atoms with Crippen molar-refractivity contribution in [3.8, 4) is 0 Å². The minimum absolute atomic E-state index is 0.506. The van der Waals surface area contributed by atoms with Crippen LogP contribution in [0.2, 0.25) is 0 Å². The van der Waals surface area contributed by atoms with Crippen LogP contribution in [0.15, 0.2) is 0 Å². The van der Waals surface area contributed by atoms with Gasteiger partial charge in [0.05, 0.1) is 6.04 Å². The summed E-state index contributed by atoms with van der Waals surface area (Å²) < 4.78 is 2.04. The molecule has 0 saturated heterocycles. The van der Waals surface area contributed by atoms with Crippen LogP contribution in [0.4, 0.5) is 0 Å². The van der Waals surface area contributed by atoms with E-state index >= 15 is 0 Å². The second-order valence-corrected chi connectivity index (χ2v) is 3.79. The van der Waals surface area contributed by atoms with Crippen LogP contribution in [-0.4, -0.2) is 21.3 Å². The molecule has 1 aromatic rings. The summed E-state index contributed by atoms with van der Waals surface area (Å²) in [6.07, 6.45) is 2.44. The molecule has 1 fully saturated rings. The highest BCUT2D eigenvalue weighted by atomic mass is 15.4. The third-order valence-electron chi connectivity index (χ3n) is 2.90. The van der Waals surface area contributed by atoms with E-state index in [0.29, 0.717) is 12.0 Å². The van der Waals surface area contributed by atoms with E-state index < -0.39 is 0 Å². The van der Waals surface area contributed by atoms with Crippen LogP contribution in [0, 0.1) is 19.8 Å². The Hall–Kier alpha value is -0.900. The van der Waals surface area contributed by atoms with Gasteiger partial charge in [0.15, 0.2) is 0 Å². The molecule has 2 unspecified atom stereocenters. The molecule has 2 N–H and O–H groups in total. The van der Waals surface area contributed by atoms with Gasteiger partial charge in [0.1, 0.15) is 11.6 Å². The minimum Gasteiger partial charge on any atom is -0.330 e. The van der Waals surface area contributed by atoms with Crippen molar-refractivity contribution >= 4 is 0 Å². The maximum atomic E-state index is 5.66. The Morgan fingerprint density at radius 2 is 2.23 bits per heavy atom. The molecule has 1 heterocycles. The molecule has 0 amide bonds. The van der Waals surface area contributed by atoms with E-state index in [9.17, 15) is 0 Å². The summed E-state index contributed by atoms with van der Waals surface area (Å²) in [6.45, 7) is 4.70. The first-order valence-electron chi connectivity index (χ1n) is 4.82. The van der Waals surface area contributed by atoms with E-state index in [4.69, 9.17) is 5.73 Å². The Morgan fingerprint density at radius 1 is 1.46 bits per heavy atom. The molecule has 0 spiro atoms. The zero-order valence-electron chi connectivity index (χ0n) is 8.20. The van der Waals surface area contributed by atoms with Crippen LogP contribution >= 0.6 is 0 Å². The summed E-state index contributed by atoms with van der Waals surface area (Å²) in [5.74, 6) is 2.49. The summed E-state index contributed by atoms with van der Waals surface area (Å²) in [7, 11) is 0. The van der Waals surface area contributed by atoms with Gasteiger partial charge in [0, 0.05) is 0 Å². The van der Waals surface area contributed by atoms with Gasteiger partial charge in [-0.25, -0.2) is 9.67 Å². The fraction of sp³-hybridized carbons (Fsp3) is 0.778. The first-order valence-corrected chi connectivity index (χ1v) is 4.82. The molecule has 4 heteroatoms. The number of nitrogens with zero attached hydrogens (tertiary/aromatic N) is 3. The van der Waals surface area contributed by atoms with Gasteiger partial charge in [-0.15, -0.1) is 0 Å². The summed E-state index contributed by atoms with van der Waals surface area (Å²) in [4.78, 5) is 4.29. The second-order valence-electron chi connectivity index (χ2n) is 3.79. The van der Waals surface area contributed by atoms with E-state index in [1.807, 2.05) is 18.5 Å². The summed E-state index contributed by atoms with van der Waals surface area (Å²) >= 11 is 0. The lowest BCUT2D eigenvalue weighted by Crippen LogP contribution is -2.35. The predicted octanol–water partition coefficient (Wildman–Crippen LogP) is 0.805. The van der Waals surface area contributed by atoms with E-state index in [1.165, 1.54) is 12.8 Å². The largest absolute Gasteiger partial charge is 0.330 e. The number of aryl methyl sites for hydroxylation is 2. The average molecular weight is 180 g/mol. The first-order chi connectivity index (χ1) is 6.22. The van der Waals surface area contributed by atoms with E-state index in [-0.39, 0.29) is 0 Å². The van der Waals surface area contributed by atoms with Crippen LogP contribution in [0.1, 0.15) is 30.5 Å². The van der Waals surface area contributed by atoms with Crippen molar-refractivity contribution < 1.29 is 0 Å². The van der Waals surface area contributed by atoms with Crippen LogP contribution in [0.5, 0.6) is 0 Å². The molecule has 0 aliphatic heterocycles. The molecule has 1 aliphatic rings. The topological polar surface area (TPSA) is 56.7 Å². The lowest BCUT2D eigenvalue weighted by atomic mass is 9.80. The molecule has 4 nitrogen and oxygen atoms in total. The number of hydrogen-bond acceptors (Lipinski definition) is 3. The molecular weight excluding hydrogens is 164 g/mol. The first kappa shape index (κ1) is 8.69. The van der Waals surface area contributed by atoms with Crippen LogP contribution in [0.3, 0.4) is 0 Å². The molecule has 1 aliphatic carbocycles. The van der Waals surface area contributed by atoms with E-state index in [1.54, 1.807) is 0 Å². The smallest absolute Gasteiger partial charge is 0.147 e. The van der Waals surface area contributed by atoms with Crippen molar-refractivity contribution in [3.05, 3.63) is 11.6 Å². The Kier molecular flexibility index (Phi) is 2.07. The zero-order valence-corrected chi connectivity index (χ0v) is 8.20. The molecule has 72 valence electrons. The number of rotatable bonds is 2. The third kappa shape index (κ3) is 1.35. The molecule has 0 aromatic carbocycles. The van der Waals surface area contributed by atoms with Crippen molar-refractivity contribution in [1.82, 2.24) is 14.8 Å². The highest BCUT2D eigenvalue weighted by Gasteiger charge is 2.32. The summed E-state index contributed by atoms with van der Waals surface area (Å²) in [5.41, 5.74) is 5.66. The standard InChI is InChI=1S/C9H16N4/c1-6-11-7(2)13(12-6)9-4-3-8(9)5-10/h8-9H,3-5,10H2,1-2H3. The summed E-state index contributed by atoms with van der Waals surface area (Å²) in [6, 6.07) is 0.506. The van der Waals surface area contributed by atoms with Gasteiger partial charge in [0.2, 0.25) is 0 Å². The Bertz CT molecular complexity index is 303. The molecule has 0 radical (unpaired) electrons. The molecule has 1 aromatic heterocycles. The van der Waals surface area contributed by atoms with Gasteiger partial charge in [-0.05, 0) is 39.2 Å². The number of nitrogens with two attached hydrogens (primary N) is 1. The van der Waals surface area contributed by atoms with Gasteiger partial charge in [0.25, 0.3) is 0 Å². The molecular formula is C9H16N4. The molecule has 13 heavy (non-hydrogen) atoms. The van der Waals surface area contributed by atoms with Crippen molar-refractivity contribution in [2.24, 2.45) is 11.7 Å². The average Bonchev–Trinajstić information content (AvgIpc) is 2.30. The van der Waals surface area contributed by atoms with Gasteiger partial charge in [-0.3, -0.25) is 0 Å². The maximum Gasteiger partial charge on any atom is 0.147 e. The van der Waals surface area contributed by atoms with Gasteiger partial charge < -0.3 is 5.73 Å². The van der Waals surface area contributed by atoms with Crippen molar-refractivity contribution in [3.63, 3.8) is 0 Å². The number of aromatic nitrogens is 3. The van der Waals surface area contributed by atoms with Crippen molar-refractivity contribution in [1.29, 1.82) is 0 Å². The number of hydrogen-bond donors (Lipinski definition) is 1. The van der Waals surface area contributed by atoms with Crippen molar-refractivity contribution in [2.45, 2.75) is 32.7 Å². The van der Waals surface area contributed by atoms with E-state index in [2.05, 4.69) is 10.1 Å². The van der Waals surface area contributed by atoms with Gasteiger partial charge >= 0.3 is 0 Å². The van der Waals surface area contributed by atoms with Gasteiger partial charge in [-0.2, -0.15) is 5.10 Å². The van der Waals surface area contributed by atoms with E-state index in [0.717, 1.165) is 18.2 Å². The quantitative estimate of drug-likeness (QED) is 0.732. The molecule has 2 rings (SSSR count). The van der Waals surface area contributed by atoms with Crippen LogP contribution in [0.25, 0.3) is 0 Å². The lowest BCUT2D eigenvalue weighted by Gasteiger charge is -2.36. The SMILES string of the molecule is Cc1nc(C)n(C2CCC2CN)n1. The molecule has 2 atom stereocenters. The predicted molar refractivity (Wildman–Crippen MR) is 50.3 cm³/mol. The van der Waals surface area contributed by atoms with Crippen LogP contribution in [-0.2, 0) is 0 Å². The normalized spacial score (nSPS) is 27.3. The Labute approximate surface area is 78.1 Å². The molecule has 0 bridgehead atoms. The molecule has 1 saturated carbocycles. The van der Waals surface area contributed by atoms with Crippen molar-refractivity contribution in [2.75, 3.05) is 6.54 Å². The highest BCUT2D eigenvalue weighted by Crippen LogP contribution is 2.37. The van der Waals surface area contributed by atoms with Crippen LogP contribution < -0.4 is 5.73 Å². The monoisotopic (exact) mass is 180 g/mol. The Morgan fingerprint density at radius 3 is 2.62 bits per heavy atom. The third-order valence-corrected chi connectivity index (χ3v) is 2.90. The van der Waals surface area contributed by atoms with Gasteiger partial charge in [-0.1, -0.05) is 0 Å². The second kappa shape index (κ2) is 3.10. The summed E-state index contributed by atoms with van der Waals surface area (Å²) in [5, 5.41) is 4.38. The highest BCUT2D eigenvalue weighted by molar-refractivity contribution is 4.95. The lowest BCUT2D eigenvalue weighted by molar-refractivity contribution is 0.170.